The fourth-order valence-corrected chi connectivity index (χ4v) is 2.99. The second-order valence-corrected chi connectivity index (χ2v) is 6.52. The van der Waals surface area contributed by atoms with Crippen LogP contribution in [0.25, 0.3) is 16.8 Å². The Kier molecular flexibility index (Phi) is 4.01. The van der Waals surface area contributed by atoms with Gasteiger partial charge in [0.05, 0.1) is 31.6 Å². The molecule has 142 valence electrons. The average molecular weight is 383 g/mol. The standard InChI is InChI=1S/C19H15F2N5O2/c20-14-1-2-17(21)12(5-14)9-28-18-3-4-25-19(24-18)16(7-23-25)13-6-22-26(8-13)15-10-27-11-15/h1-8,15H,9-11H2. The van der Waals surface area contributed by atoms with Crippen LogP contribution in [0.4, 0.5) is 8.78 Å². The molecule has 4 heterocycles. The lowest BCUT2D eigenvalue weighted by Gasteiger charge is -2.25. The summed E-state index contributed by atoms with van der Waals surface area (Å²) in [6.45, 7) is 1.18. The highest BCUT2D eigenvalue weighted by Crippen LogP contribution is 2.26. The number of hydrogen-bond acceptors (Lipinski definition) is 5. The van der Waals surface area contributed by atoms with E-state index in [-0.39, 0.29) is 24.1 Å². The fraction of sp³-hybridized carbons (Fsp3) is 0.211. The first-order chi connectivity index (χ1) is 13.7. The summed E-state index contributed by atoms with van der Waals surface area (Å²) in [4.78, 5) is 4.47. The number of halogens is 2. The molecule has 1 aliphatic heterocycles. The van der Waals surface area contributed by atoms with E-state index in [1.807, 2.05) is 10.9 Å². The maximum atomic E-state index is 13.8. The van der Waals surface area contributed by atoms with Gasteiger partial charge in [0.25, 0.3) is 0 Å². The third-order valence-electron chi connectivity index (χ3n) is 4.63. The number of fused-ring (bicyclic) bond motifs is 1. The average Bonchev–Trinajstić information content (AvgIpc) is 3.27. The van der Waals surface area contributed by atoms with E-state index >= 15 is 0 Å². The first-order valence-corrected chi connectivity index (χ1v) is 8.71. The van der Waals surface area contributed by atoms with Crippen LogP contribution in [-0.4, -0.2) is 37.6 Å². The van der Waals surface area contributed by atoms with Crippen molar-refractivity contribution in [3.05, 3.63) is 66.3 Å². The lowest BCUT2D eigenvalue weighted by Crippen LogP contribution is -2.30. The number of aromatic nitrogens is 5. The molecule has 1 aromatic carbocycles. The minimum atomic E-state index is -0.528. The molecule has 0 atom stereocenters. The Morgan fingerprint density at radius 2 is 2.04 bits per heavy atom. The van der Waals surface area contributed by atoms with Gasteiger partial charge < -0.3 is 9.47 Å². The van der Waals surface area contributed by atoms with Crippen LogP contribution in [0.2, 0.25) is 0 Å². The Hall–Kier alpha value is -3.33. The Labute approximate surface area is 158 Å². The molecule has 9 heteroatoms. The minimum absolute atomic E-state index is 0.124. The number of benzene rings is 1. The van der Waals surface area contributed by atoms with Crippen LogP contribution in [0.15, 0.2) is 49.1 Å². The van der Waals surface area contributed by atoms with E-state index in [9.17, 15) is 8.78 Å². The molecule has 0 N–H and O–H groups in total. The van der Waals surface area contributed by atoms with Crippen LogP contribution in [-0.2, 0) is 11.3 Å². The van der Waals surface area contributed by atoms with Crippen molar-refractivity contribution >= 4 is 5.65 Å². The molecule has 0 unspecified atom stereocenters. The van der Waals surface area contributed by atoms with Gasteiger partial charge in [-0.3, -0.25) is 4.68 Å². The van der Waals surface area contributed by atoms with Gasteiger partial charge in [-0.2, -0.15) is 15.2 Å². The van der Waals surface area contributed by atoms with Gasteiger partial charge in [0.2, 0.25) is 5.88 Å². The quantitative estimate of drug-likeness (QED) is 0.530. The Balaban J connectivity index is 1.41. The number of hydrogen-bond donors (Lipinski definition) is 0. The summed E-state index contributed by atoms with van der Waals surface area (Å²) in [5.41, 5.74) is 2.39. The summed E-state index contributed by atoms with van der Waals surface area (Å²) in [6.07, 6.45) is 7.10. The zero-order valence-electron chi connectivity index (χ0n) is 14.6. The highest BCUT2D eigenvalue weighted by atomic mass is 19.1. The van der Waals surface area contributed by atoms with Crippen LogP contribution < -0.4 is 4.74 Å². The lowest BCUT2D eigenvalue weighted by molar-refractivity contribution is -0.0286. The summed E-state index contributed by atoms with van der Waals surface area (Å²) in [7, 11) is 0. The summed E-state index contributed by atoms with van der Waals surface area (Å²) in [6, 6.07) is 5.12. The highest BCUT2D eigenvalue weighted by Gasteiger charge is 2.22. The summed E-state index contributed by atoms with van der Waals surface area (Å²) >= 11 is 0. The van der Waals surface area contributed by atoms with Crippen molar-refractivity contribution < 1.29 is 18.3 Å². The van der Waals surface area contributed by atoms with E-state index in [4.69, 9.17) is 9.47 Å². The molecule has 0 bridgehead atoms. The van der Waals surface area contributed by atoms with Gasteiger partial charge in [-0.1, -0.05) is 0 Å². The van der Waals surface area contributed by atoms with E-state index in [1.54, 1.807) is 29.2 Å². The molecule has 0 saturated carbocycles. The first-order valence-electron chi connectivity index (χ1n) is 8.71. The molecule has 1 fully saturated rings. The van der Waals surface area contributed by atoms with E-state index in [1.165, 1.54) is 0 Å². The van der Waals surface area contributed by atoms with Crippen LogP contribution in [0.3, 0.4) is 0 Å². The SMILES string of the molecule is Fc1ccc(F)c(COc2ccn3ncc(-c4cnn(C5COC5)c4)c3n2)c1. The van der Waals surface area contributed by atoms with E-state index < -0.39 is 11.6 Å². The minimum Gasteiger partial charge on any atom is -0.473 e. The summed E-state index contributed by atoms with van der Waals surface area (Å²) < 4.78 is 41.3. The van der Waals surface area contributed by atoms with Crippen molar-refractivity contribution in [1.82, 2.24) is 24.4 Å². The van der Waals surface area contributed by atoms with Gasteiger partial charge in [-0.25, -0.2) is 13.3 Å². The monoisotopic (exact) mass is 383 g/mol. The molecule has 3 aromatic heterocycles. The first kappa shape index (κ1) is 16.8. The largest absolute Gasteiger partial charge is 0.473 e. The molecular formula is C19H15F2N5O2. The topological polar surface area (TPSA) is 66.5 Å². The van der Waals surface area contributed by atoms with Gasteiger partial charge in [-0.05, 0) is 18.2 Å². The number of nitrogens with zero attached hydrogens (tertiary/aromatic N) is 5. The molecule has 0 radical (unpaired) electrons. The second kappa shape index (κ2) is 6.68. The summed E-state index contributed by atoms with van der Waals surface area (Å²) in [5.74, 6) is -0.757. The maximum Gasteiger partial charge on any atom is 0.217 e. The molecule has 0 aliphatic carbocycles. The smallest absolute Gasteiger partial charge is 0.217 e. The van der Waals surface area contributed by atoms with Crippen LogP contribution in [0.1, 0.15) is 11.6 Å². The second-order valence-electron chi connectivity index (χ2n) is 6.52. The van der Waals surface area contributed by atoms with Crippen molar-refractivity contribution in [2.75, 3.05) is 13.2 Å². The molecule has 5 rings (SSSR count). The van der Waals surface area contributed by atoms with Crippen molar-refractivity contribution in [1.29, 1.82) is 0 Å². The molecule has 28 heavy (non-hydrogen) atoms. The fourth-order valence-electron chi connectivity index (χ4n) is 2.99. The number of rotatable bonds is 5. The molecule has 7 nitrogen and oxygen atoms in total. The van der Waals surface area contributed by atoms with Gasteiger partial charge in [0.1, 0.15) is 18.2 Å². The predicted molar refractivity (Wildman–Crippen MR) is 94.8 cm³/mol. The molecule has 1 saturated heterocycles. The molecule has 4 aromatic rings. The Morgan fingerprint density at radius 3 is 2.86 bits per heavy atom. The molecule has 1 aliphatic rings. The van der Waals surface area contributed by atoms with Crippen LogP contribution in [0.5, 0.6) is 5.88 Å². The third kappa shape index (κ3) is 2.99. The van der Waals surface area contributed by atoms with Gasteiger partial charge in [0.15, 0.2) is 5.65 Å². The highest BCUT2D eigenvalue weighted by molar-refractivity contribution is 5.76. The summed E-state index contributed by atoms with van der Waals surface area (Å²) in [5, 5.41) is 8.68. The predicted octanol–water partition coefficient (Wildman–Crippen LogP) is 3.02. The van der Waals surface area contributed by atoms with Crippen molar-refractivity contribution in [2.45, 2.75) is 12.6 Å². The lowest BCUT2D eigenvalue weighted by atomic mass is 10.2. The van der Waals surface area contributed by atoms with E-state index in [2.05, 4.69) is 15.2 Å². The molecule has 0 spiro atoms. The third-order valence-corrected chi connectivity index (χ3v) is 4.63. The van der Waals surface area contributed by atoms with Crippen LogP contribution >= 0.6 is 0 Å². The van der Waals surface area contributed by atoms with Crippen molar-refractivity contribution in [2.24, 2.45) is 0 Å². The molecule has 0 amide bonds. The van der Waals surface area contributed by atoms with Gasteiger partial charge in [-0.15, -0.1) is 0 Å². The molecular weight excluding hydrogens is 368 g/mol. The van der Waals surface area contributed by atoms with Crippen LogP contribution in [0, 0.1) is 11.6 Å². The van der Waals surface area contributed by atoms with E-state index in [0.717, 1.165) is 29.3 Å². The van der Waals surface area contributed by atoms with Gasteiger partial charge >= 0.3 is 0 Å². The normalized spacial score (nSPS) is 14.4. The Morgan fingerprint density at radius 1 is 1.14 bits per heavy atom. The number of ether oxygens (including phenoxy) is 2. The van der Waals surface area contributed by atoms with E-state index in [0.29, 0.717) is 18.9 Å². The van der Waals surface area contributed by atoms with Crippen molar-refractivity contribution in [3.63, 3.8) is 0 Å². The Bertz CT molecular complexity index is 1150. The van der Waals surface area contributed by atoms with Gasteiger partial charge in [0, 0.05) is 35.2 Å². The zero-order valence-corrected chi connectivity index (χ0v) is 14.6. The zero-order chi connectivity index (χ0) is 19.1. The maximum absolute atomic E-state index is 13.8. The van der Waals surface area contributed by atoms with Crippen molar-refractivity contribution in [3.8, 4) is 17.0 Å².